The predicted molar refractivity (Wildman–Crippen MR) is 172 cm³/mol. The van der Waals surface area contributed by atoms with E-state index in [1.165, 1.54) is 33.4 Å². The summed E-state index contributed by atoms with van der Waals surface area (Å²) in [7, 11) is 0. The summed E-state index contributed by atoms with van der Waals surface area (Å²) < 4.78 is 6.30. The van der Waals surface area contributed by atoms with E-state index < -0.39 is 0 Å². The van der Waals surface area contributed by atoms with Crippen LogP contribution in [0.3, 0.4) is 0 Å². The van der Waals surface area contributed by atoms with Crippen LogP contribution in [0.15, 0.2) is 138 Å². The van der Waals surface area contributed by atoms with E-state index in [0.717, 1.165) is 44.4 Å². The highest BCUT2D eigenvalue weighted by atomic mass is 16.3. The molecule has 0 saturated heterocycles. The lowest BCUT2D eigenvalue weighted by molar-refractivity contribution is 0.660. The van der Waals surface area contributed by atoms with Crippen LogP contribution in [0.2, 0.25) is 0 Å². The molecule has 0 amide bonds. The SMILES string of the molecule is CC1(C)c2ccccc2-c2ccc(Nc3ccccc3-c3ccc4oc5cccc(-c6ccccc6)c5c4c3)cc21. The summed E-state index contributed by atoms with van der Waals surface area (Å²) >= 11 is 0. The first kappa shape index (κ1) is 23.8. The maximum Gasteiger partial charge on any atom is 0.136 e. The van der Waals surface area contributed by atoms with Crippen molar-refractivity contribution in [2.45, 2.75) is 19.3 Å². The molecule has 0 aliphatic heterocycles. The van der Waals surface area contributed by atoms with E-state index in [2.05, 4.69) is 153 Å². The average molecular weight is 528 g/mol. The average Bonchev–Trinajstić information content (AvgIpc) is 3.50. The van der Waals surface area contributed by atoms with Gasteiger partial charge >= 0.3 is 0 Å². The Bertz CT molecular complexity index is 2100. The van der Waals surface area contributed by atoms with Crippen molar-refractivity contribution in [1.82, 2.24) is 0 Å². The van der Waals surface area contributed by atoms with E-state index in [1.54, 1.807) is 0 Å². The second kappa shape index (κ2) is 8.97. The second-order valence-electron chi connectivity index (χ2n) is 11.5. The fourth-order valence-electron chi connectivity index (χ4n) is 6.63. The van der Waals surface area contributed by atoms with Crippen LogP contribution in [0.4, 0.5) is 11.4 Å². The van der Waals surface area contributed by atoms with Crippen molar-refractivity contribution in [3.05, 3.63) is 145 Å². The number of benzene rings is 6. The van der Waals surface area contributed by atoms with Crippen LogP contribution in [0.25, 0.3) is 55.3 Å². The monoisotopic (exact) mass is 527 g/mol. The lowest BCUT2D eigenvalue weighted by atomic mass is 9.82. The lowest BCUT2D eigenvalue weighted by Crippen LogP contribution is -2.15. The minimum absolute atomic E-state index is 0.0348. The van der Waals surface area contributed by atoms with Crippen LogP contribution >= 0.6 is 0 Å². The Labute approximate surface area is 239 Å². The predicted octanol–water partition coefficient (Wildman–Crippen LogP) is 11.0. The number of rotatable bonds is 4. The van der Waals surface area contributed by atoms with Crippen molar-refractivity contribution in [1.29, 1.82) is 0 Å². The number of hydrogen-bond donors (Lipinski definition) is 1. The standard InChI is InChI=1S/C39H29NO/c1-39(2)33-16-8-6-14-30(33)31-21-20-27(24-34(31)39)40-35-17-9-7-13-28(35)26-19-22-36-32(23-26)38-29(15-10-18-37(38)41-36)25-11-4-3-5-12-25/h3-24,40H,1-2H3. The first-order valence-corrected chi connectivity index (χ1v) is 14.2. The van der Waals surface area contributed by atoms with Gasteiger partial charge in [-0.25, -0.2) is 0 Å². The van der Waals surface area contributed by atoms with Crippen LogP contribution in [-0.4, -0.2) is 0 Å². The smallest absolute Gasteiger partial charge is 0.136 e. The zero-order valence-corrected chi connectivity index (χ0v) is 23.1. The highest BCUT2D eigenvalue weighted by molar-refractivity contribution is 6.13. The molecule has 0 fully saturated rings. The fraction of sp³-hybridized carbons (Fsp3) is 0.0769. The molecule has 41 heavy (non-hydrogen) atoms. The van der Waals surface area contributed by atoms with Gasteiger partial charge in [-0.05, 0) is 75.3 Å². The maximum atomic E-state index is 6.30. The summed E-state index contributed by atoms with van der Waals surface area (Å²) in [5.74, 6) is 0. The van der Waals surface area contributed by atoms with Gasteiger partial charge in [0.15, 0.2) is 0 Å². The Morgan fingerprint density at radius 3 is 2.12 bits per heavy atom. The topological polar surface area (TPSA) is 25.2 Å². The molecule has 1 aliphatic rings. The first-order chi connectivity index (χ1) is 20.1. The quantitative estimate of drug-likeness (QED) is 0.246. The molecule has 1 heterocycles. The van der Waals surface area contributed by atoms with Gasteiger partial charge in [-0.1, -0.05) is 111 Å². The summed E-state index contributed by atoms with van der Waals surface area (Å²) in [5.41, 5.74) is 14.1. The van der Waals surface area contributed by atoms with Crippen LogP contribution < -0.4 is 5.32 Å². The third-order valence-electron chi connectivity index (χ3n) is 8.68. The summed E-state index contributed by atoms with van der Waals surface area (Å²) in [6, 6.07) is 47.5. The van der Waals surface area contributed by atoms with Gasteiger partial charge in [-0.15, -0.1) is 0 Å². The highest BCUT2D eigenvalue weighted by Crippen LogP contribution is 2.49. The van der Waals surface area contributed by atoms with Gasteiger partial charge < -0.3 is 9.73 Å². The number of hydrogen-bond acceptors (Lipinski definition) is 2. The molecule has 2 nitrogen and oxygen atoms in total. The van der Waals surface area contributed by atoms with Crippen molar-refractivity contribution in [2.75, 3.05) is 5.32 Å². The van der Waals surface area contributed by atoms with Crippen LogP contribution in [0.5, 0.6) is 0 Å². The minimum atomic E-state index is -0.0348. The third kappa shape index (κ3) is 3.72. The molecule has 0 atom stereocenters. The number of nitrogens with one attached hydrogen (secondary N) is 1. The molecule has 0 radical (unpaired) electrons. The molecule has 0 saturated carbocycles. The molecule has 2 heteroatoms. The summed E-state index contributed by atoms with van der Waals surface area (Å²) in [5, 5.41) is 6.04. The third-order valence-corrected chi connectivity index (χ3v) is 8.68. The van der Waals surface area contributed by atoms with Gasteiger partial charge in [-0.2, -0.15) is 0 Å². The molecular weight excluding hydrogens is 498 g/mol. The van der Waals surface area contributed by atoms with Gasteiger partial charge in [0.05, 0.1) is 0 Å². The Hall–Kier alpha value is -5.08. The largest absolute Gasteiger partial charge is 0.456 e. The molecular formula is C39H29NO. The lowest BCUT2D eigenvalue weighted by Gasteiger charge is -2.22. The Balaban J connectivity index is 1.22. The molecule has 1 aromatic heterocycles. The molecule has 7 aromatic rings. The maximum absolute atomic E-state index is 6.30. The van der Waals surface area contributed by atoms with Gasteiger partial charge in [-0.3, -0.25) is 0 Å². The van der Waals surface area contributed by atoms with Crippen molar-refractivity contribution in [3.63, 3.8) is 0 Å². The molecule has 1 aliphatic carbocycles. The molecule has 0 spiro atoms. The first-order valence-electron chi connectivity index (χ1n) is 14.2. The second-order valence-corrected chi connectivity index (χ2v) is 11.5. The zero-order valence-electron chi connectivity index (χ0n) is 23.1. The highest BCUT2D eigenvalue weighted by Gasteiger charge is 2.35. The molecule has 0 unspecified atom stereocenters. The van der Waals surface area contributed by atoms with E-state index in [9.17, 15) is 0 Å². The molecule has 8 rings (SSSR count). The normalized spacial score (nSPS) is 13.3. The van der Waals surface area contributed by atoms with Crippen LogP contribution in [0.1, 0.15) is 25.0 Å². The van der Waals surface area contributed by atoms with E-state index >= 15 is 0 Å². The van der Waals surface area contributed by atoms with E-state index in [0.29, 0.717) is 0 Å². The van der Waals surface area contributed by atoms with Crippen molar-refractivity contribution >= 4 is 33.3 Å². The number of furan rings is 1. The number of para-hydroxylation sites is 1. The molecule has 0 bridgehead atoms. The zero-order chi connectivity index (χ0) is 27.6. The Kier molecular flexibility index (Phi) is 5.20. The minimum Gasteiger partial charge on any atom is -0.456 e. The molecule has 6 aromatic carbocycles. The summed E-state index contributed by atoms with van der Waals surface area (Å²) in [4.78, 5) is 0. The van der Waals surface area contributed by atoms with Gasteiger partial charge in [0.25, 0.3) is 0 Å². The number of anilines is 2. The number of fused-ring (bicyclic) bond motifs is 6. The van der Waals surface area contributed by atoms with Gasteiger partial charge in [0, 0.05) is 33.1 Å². The summed E-state index contributed by atoms with van der Waals surface area (Å²) in [6.07, 6.45) is 0. The van der Waals surface area contributed by atoms with E-state index in [1.807, 2.05) is 0 Å². The van der Waals surface area contributed by atoms with E-state index in [4.69, 9.17) is 4.42 Å². The Morgan fingerprint density at radius 2 is 1.24 bits per heavy atom. The van der Waals surface area contributed by atoms with E-state index in [-0.39, 0.29) is 5.41 Å². The van der Waals surface area contributed by atoms with Crippen molar-refractivity contribution in [2.24, 2.45) is 0 Å². The van der Waals surface area contributed by atoms with Crippen molar-refractivity contribution in [3.8, 4) is 33.4 Å². The molecule has 1 N–H and O–H groups in total. The summed E-state index contributed by atoms with van der Waals surface area (Å²) in [6.45, 7) is 4.65. The van der Waals surface area contributed by atoms with Gasteiger partial charge in [0.1, 0.15) is 11.2 Å². The fourth-order valence-corrected chi connectivity index (χ4v) is 6.63. The van der Waals surface area contributed by atoms with Crippen LogP contribution in [0, 0.1) is 0 Å². The van der Waals surface area contributed by atoms with Crippen LogP contribution in [-0.2, 0) is 5.41 Å². The Morgan fingerprint density at radius 1 is 0.512 bits per heavy atom. The van der Waals surface area contributed by atoms with Crippen molar-refractivity contribution < 1.29 is 4.42 Å². The van der Waals surface area contributed by atoms with Gasteiger partial charge in [0.2, 0.25) is 0 Å². The molecule has 196 valence electrons.